The number of hydrogen-bond acceptors (Lipinski definition) is 6. The Morgan fingerprint density at radius 1 is 1.15 bits per heavy atom. The van der Waals surface area contributed by atoms with Gasteiger partial charge >= 0.3 is 0 Å². The predicted octanol–water partition coefficient (Wildman–Crippen LogP) is 4.02. The lowest BCUT2D eigenvalue weighted by atomic mass is 10.0. The number of hydrogen-bond donors (Lipinski definition) is 4. The van der Waals surface area contributed by atoms with Crippen LogP contribution in [0.15, 0.2) is 60.0 Å². The lowest BCUT2D eigenvalue weighted by Gasteiger charge is -2.25. The fourth-order valence-corrected chi connectivity index (χ4v) is 5.32. The number of thiophene rings is 1. The van der Waals surface area contributed by atoms with Crippen LogP contribution in [0.4, 0.5) is 8.78 Å². The van der Waals surface area contributed by atoms with Crippen molar-refractivity contribution in [2.75, 3.05) is 19.8 Å². The Hall–Kier alpha value is -4.32. The highest BCUT2D eigenvalue weighted by atomic mass is 32.1. The van der Waals surface area contributed by atoms with Gasteiger partial charge < -0.3 is 26.0 Å². The quantitative estimate of drug-likeness (QED) is 0.211. The summed E-state index contributed by atoms with van der Waals surface area (Å²) in [6.45, 7) is 1.20. The second kappa shape index (κ2) is 12.5. The molecule has 1 unspecified atom stereocenters. The smallest absolute Gasteiger partial charge is 0.251 e. The zero-order valence-corrected chi connectivity index (χ0v) is 23.4. The van der Waals surface area contributed by atoms with E-state index in [1.807, 2.05) is 31.2 Å². The largest absolute Gasteiger partial charge is 0.457 e. The number of nitrogen functional groups attached to an aromatic ring is 1. The summed E-state index contributed by atoms with van der Waals surface area (Å²) in [5.74, 6) is -0.861. The average molecular weight is 584 g/mol. The Balaban J connectivity index is 1.36. The Kier molecular flexibility index (Phi) is 9.01. The van der Waals surface area contributed by atoms with Crippen LogP contribution in [0.2, 0.25) is 0 Å². The van der Waals surface area contributed by atoms with Gasteiger partial charge in [0, 0.05) is 27.8 Å². The summed E-state index contributed by atoms with van der Waals surface area (Å²) in [7, 11) is 0. The number of nitrogens with zero attached hydrogens (tertiary/aromatic N) is 1. The second-order valence-electron chi connectivity index (χ2n) is 10.0. The summed E-state index contributed by atoms with van der Waals surface area (Å²) < 4.78 is 34.3. The number of rotatable bonds is 10. The number of halogens is 2. The van der Waals surface area contributed by atoms with Crippen molar-refractivity contribution >= 4 is 34.9 Å². The molecular weight excluding hydrogens is 552 g/mol. The number of carbonyl (C=O) groups excluding carboxylic acids is 3. The van der Waals surface area contributed by atoms with Crippen LogP contribution in [0.3, 0.4) is 0 Å². The van der Waals surface area contributed by atoms with Crippen molar-refractivity contribution in [2.24, 2.45) is 5.73 Å². The summed E-state index contributed by atoms with van der Waals surface area (Å²) in [6.07, 6.45) is -0.507. The van der Waals surface area contributed by atoms with Gasteiger partial charge in [-0.25, -0.2) is 8.78 Å². The van der Waals surface area contributed by atoms with Gasteiger partial charge in [-0.2, -0.15) is 0 Å². The molecule has 0 saturated carbocycles. The Morgan fingerprint density at radius 2 is 1.78 bits per heavy atom. The minimum Gasteiger partial charge on any atom is -0.457 e. The third kappa shape index (κ3) is 7.26. The van der Waals surface area contributed by atoms with Crippen molar-refractivity contribution < 1.29 is 27.9 Å². The van der Waals surface area contributed by atoms with Crippen LogP contribution in [0, 0.1) is 12.3 Å². The standard InChI is InChI=1S/C29H31F2N5O4S/c1-17-3-7-21(8-4-17)40-22-9-5-19(6-10-22)27(38)34-13-25(37)36-16-29(31,15-30)12-23(36)28(39)35-18(2)24-11-20(14-41-24)26(32)33/h3-11,14,18,23H,12-13,15-16H2,1-2H3,(H3,32,33)(H,34,38)(H,35,39)/t18?,23-,29-/m0/s1. The first kappa shape index (κ1) is 29.7. The molecular formula is C29H31F2N5O4S. The highest BCUT2D eigenvalue weighted by molar-refractivity contribution is 7.10. The molecule has 9 nitrogen and oxygen atoms in total. The van der Waals surface area contributed by atoms with E-state index in [2.05, 4.69) is 10.6 Å². The molecule has 2 aromatic carbocycles. The van der Waals surface area contributed by atoms with E-state index in [4.69, 9.17) is 15.9 Å². The number of alkyl halides is 2. The van der Waals surface area contributed by atoms with Crippen LogP contribution in [0.25, 0.3) is 0 Å². The van der Waals surface area contributed by atoms with Crippen LogP contribution < -0.4 is 21.1 Å². The maximum atomic E-state index is 15.0. The van der Waals surface area contributed by atoms with E-state index in [1.54, 1.807) is 30.5 Å². The number of aryl methyl sites for hydroxylation is 1. The van der Waals surface area contributed by atoms with Gasteiger partial charge in [-0.1, -0.05) is 17.7 Å². The van der Waals surface area contributed by atoms with Crippen molar-refractivity contribution in [1.82, 2.24) is 15.5 Å². The van der Waals surface area contributed by atoms with Crippen LogP contribution in [-0.4, -0.2) is 59.9 Å². The number of amides is 3. The number of ether oxygens (including phenoxy) is 1. The van der Waals surface area contributed by atoms with Gasteiger partial charge in [0.15, 0.2) is 5.67 Å². The minimum atomic E-state index is -2.37. The minimum absolute atomic E-state index is 0.114. The number of likely N-dealkylation sites (tertiary alicyclic amines) is 1. The molecule has 3 atom stereocenters. The number of amidine groups is 1. The van der Waals surface area contributed by atoms with Crippen molar-refractivity contribution in [2.45, 2.75) is 38.0 Å². The molecule has 12 heteroatoms. The maximum absolute atomic E-state index is 15.0. The van der Waals surface area contributed by atoms with Gasteiger partial charge in [0.2, 0.25) is 11.8 Å². The number of nitrogens with one attached hydrogen (secondary N) is 3. The molecule has 1 saturated heterocycles. The van der Waals surface area contributed by atoms with Crippen molar-refractivity contribution in [1.29, 1.82) is 5.41 Å². The van der Waals surface area contributed by atoms with E-state index in [-0.39, 0.29) is 11.4 Å². The van der Waals surface area contributed by atoms with Gasteiger partial charge in [-0.15, -0.1) is 11.3 Å². The maximum Gasteiger partial charge on any atom is 0.251 e. The molecule has 3 amide bonds. The lowest BCUT2D eigenvalue weighted by molar-refractivity contribution is -0.138. The summed E-state index contributed by atoms with van der Waals surface area (Å²) >= 11 is 1.29. The first-order chi connectivity index (χ1) is 19.5. The van der Waals surface area contributed by atoms with Crippen LogP contribution in [0.5, 0.6) is 11.5 Å². The Bertz CT molecular complexity index is 1430. The zero-order chi connectivity index (χ0) is 29.7. The zero-order valence-electron chi connectivity index (χ0n) is 22.6. The van der Waals surface area contributed by atoms with E-state index in [0.29, 0.717) is 21.9 Å². The summed E-state index contributed by atoms with van der Waals surface area (Å²) in [4.78, 5) is 40.4. The van der Waals surface area contributed by atoms with Gasteiger partial charge in [-0.3, -0.25) is 19.8 Å². The van der Waals surface area contributed by atoms with Crippen molar-refractivity contribution in [3.8, 4) is 11.5 Å². The highest BCUT2D eigenvalue weighted by Gasteiger charge is 2.49. The van der Waals surface area contributed by atoms with Crippen LogP contribution >= 0.6 is 11.3 Å². The molecule has 3 aromatic rings. The van der Waals surface area contributed by atoms with Crippen LogP contribution in [-0.2, 0) is 9.59 Å². The molecule has 1 aromatic heterocycles. The van der Waals surface area contributed by atoms with Crippen molar-refractivity contribution in [3.63, 3.8) is 0 Å². The van der Waals surface area contributed by atoms with E-state index in [9.17, 15) is 18.8 Å². The monoisotopic (exact) mass is 583 g/mol. The summed E-state index contributed by atoms with van der Waals surface area (Å²) in [5, 5.41) is 14.4. The van der Waals surface area contributed by atoms with Gasteiger partial charge in [-0.05, 0) is 56.3 Å². The van der Waals surface area contributed by atoms with Gasteiger partial charge in [0.25, 0.3) is 5.91 Å². The van der Waals surface area contributed by atoms with Crippen molar-refractivity contribution in [3.05, 3.63) is 81.5 Å². The van der Waals surface area contributed by atoms with E-state index >= 15 is 4.39 Å². The summed E-state index contributed by atoms with van der Waals surface area (Å²) in [6, 6.07) is 13.7. The molecule has 0 bridgehead atoms. The van der Waals surface area contributed by atoms with Gasteiger partial charge in [0.05, 0.1) is 19.1 Å². The van der Waals surface area contributed by atoms with Gasteiger partial charge in [0.1, 0.15) is 30.1 Å². The van der Waals surface area contributed by atoms with E-state index in [0.717, 1.165) is 10.5 Å². The molecule has 0 spiro atoms. The second-order valence-corrected chi connectivity index (χ2v) is 11.0. The highest BCUT2D eigenvalue weighted by Crippen LogP contribution is 2.32. The molecule has 41 heavy (non-hydrogen) atoms. The van der Waals surface area contributed by atoms with Crippen LogP contribution in [0.1, 0.15) is 45.7 Å². The molecule has 216 valence electrons. The summed E-state index contributed by atoms with van der Waals surface area (Å²) in [5.41, 5.74) is 4.99. The Morgan fingerprint density at radius 3 is 2.37 bits per heavy atom. The third-order valence-electron chi connectivity index (χ3n) is 6.74. The molecule has 1 aliphatic rings. The Labute approximate surface area is 240 Å². The fourth-order valence-electron chi connectivity index (χ4n) is 4.41. The molecule has 5 N–H and O–H groups in total. The first-order valence-electron chi connectivity index (χ1n) is 12.9. The van der Waals surface area contributed by atoms with E-state index in [1.165, 1.54) is 23.5 Å². The molecule has 4 rings (SSSR count). The molecule has 1 fully saturated rings. The first-order valence-corrected chi connectivity index (χ1v) is 13.8. The lowest BCUT2D eigenvalue weighted by Crippen LogP contribution is -2.49. The normalized spacial score (nSPS) is 18.9. The third-order valence-corrected chi connectivity index (χ3v) is 7.86. The number of nitrogens with two attached hydrogens (primary N) is 1. The average Bonchev–Trinajstić information content (AvgIpc) is 3.59. The molecule has 0 radical (unpaired) electrons. The number of benzene rings is 2. The topological polar surface area (TPSA) is 138 Å². The predicted molar refractivity (Wildman–Crippen MR) is 152 cm³/mol. The SMILES string of the molecule is Cc1ccc(Oc2ccc(C(=O)NCC(=O)N3C[C@@](F)(CF)C[C@H]3C(=O)NC(C)c3cc(C(=N)N)cs3)cc2)cc1. The molecule has 1 aliphatic heterocycles. The fraction of sp³-hybridized carbons (Fsp3) is 0.310. The van der Waals surface area contributed by atoms with E-state index < -0.39 is 61.7 Å². The number of carbonyl (C=O) groups is 3. The molecule has 2 heterocycles. The molecule has 0 aliphatic carbocycles.